The van der Waals surface area contributed by atoms with Crippen LogP contribution < -0.4 is 21.7 Å². The average Bonchev–Trinajstić information content (AvgIpc) is 2.99. The summed E-state index contributed by atoms with van der Waals surface area (Å²) in [5.74, 6) is -0.222. The van der Waals surface area contributed by atoms with Gasteiger partial charge in [0, 0.05) is 15.7 Å². The second-order valence-corrected chi connectivity index (χ2v) is 7.80. The number of carbonyl (C=O) groups is 1. The molecule has 0 bridgehead atoms. The summed E-state index contributed by atoms with van der Waals surface area (Å²) in [5.41, 5.74) is 14.8. The first-order chi connectivity index (χ1) is 12.9. The number of halogens is 1. The number of thioether (sulfide) groups is 1. The molecule has 7 heteroatoms. The van der Waals surface area contributed by atoms with Crippen molar-refractivity contribution in [3.8, 4) is 0 Å². The minimum Gasteiger partial charge on any atom is -0.321 e. The van der Waals surface area contributed by atoms with Crippen molar-refractivity contribution in [2.75, 3.05) is 10.2 Å². The minimum absolute atomic E-state index is 0.222. The number of nitrogens with zero attached hydrogens (tertiary/aromatic N) is 1. The maximum absolute atomic E-state index is 12.8. The van der Waals surface area contributed by atoms with Gasteiger partial charge in [0.15, 0.2) is 0 Å². The molecule has 0 radical (unpaired) electrons. The molecule has 0 fully saturated rings. The largest absolute Gasteiger partial charge is 0.321 e. The number of nitrogens with two attached hydrogens (primary N) is 2. The summed E-state index contributed by atoms with van der Waals surface area (Å²) >= 11 is 4.73. The zero-order valence-corrected chi connectivity index (χ0v) is 16.9. The number of hydrogen-bond acceptors (Lipinski definition) is 5. The molecule has 138 valence electrons. The van der Waals surface area contributed by atoms with E-state index in [1.165, 1.54) is 11.8 Å². The van der Waals surface area contributed by atoms with E-state index in [0.29, 0.717) is 15.6 Å². The van der Waals surface area contributed by atoms with Gasteiger partial charge in [-0.15, -0.1) is 0 Å². The molecule has 1 aliphatic heterocycles. The quantitative estimate of drug-likeness (QED) is 0.596. The maximum atomic E-state index is 12.8. The first kappa shape index (κ1) is 19.4. The van der Waals surface area contributed by atoms with E-state index in [0.717, 1.165) is 21.4 Å². The smallest absolute Gasteiger partial charge is 0.264 e. The molecule has 27 heavy (non-hydrogen) atoms. The molecule has 2 aromatic rings. The summed E-state index contributed by atoms with van der Waals surface area (Å²) < 4.78 is 0.866. The second kappa shape index (κ2) is 8.14. The highest BCUT2D eigenvalue weighted by Crippen LogP contribution is 2.45. The molecule has 5 nitrogen and oxygen atoms in total. The van der Waals surface area contributed by atoms with E-state index in [9.17, 15) is 4.79 Å². The Hall–Kier alpha value is -2.32. The zero-order chi connectivity index (χ0) is 19.6. The summed E-state index contributed by atoms with van der Waals surface area (Å²) in [5, 5.41) is 3.57. The highest BCUT2D eigenvalue weighted by Gasteiger charge is 2.32. The number of carbonyl (C=O) groups excluding carboxylic acids is 1. The zero-order valence-electron chi connectivity index (χ0n) is 14.5. The Morgan fingerprint density at radius 2 is 1.93 bits per heavy atom. The summed E-state index contributed by atoms with van der Waals surface area (Å²) in [7, 11) is 0. The Morgan fingerprint density at radius 1 is 1.22 bits per heavy atom. The van der Waals surface area contributed by atoms with Crippen LogP contribution in [0.2, 0.25) is 0 Å². The van der Waals surface area contributed by atoms with Gasteiger partial charge in [0.25, 0.3) is 5.91 Å². The molecule has 0 saturated heterocycles. The van der Waals surface area contributed by atoms with Crippen LogP contribution >= 0.6 is 27.7 Å². The molecule has 0 saturated carbocycles. The summed E-state index contributed by atoms with van der Waals surface area (Å²) in [4.78, 5) is 15.2. The van der Waals surface area contributed by atoms with Crippen molar-refractivity contribution >= 4 is 45.0 Å². The summed E-state index contributed by atoms with van der Waals surface area (Å²) in [6, 6.07) is 14.9. The van der Waals surface area contributed by atoms with Crippen LogP contribution in [0.15, 0.2) is 87.9 Å². The Balaban J connectivity index is 2.01. The van der Waals surface area contributed by atoms with Gasteiger partial charge < -0.3 is 21.7 Å². The number of allylic oxidation sites excluding steroid dienone is 1. The number of para-hydroxylation sites is 1. The van der Waals surface area contributed by atoms with Gasteiger partial charge in [0.2, 0.25) is 0 Å². The number of hydrogen-bond donors (Lipinski definition) is 3. The van der Waals surface area contributed by atoms with E-state index in [1.807, 2.05) is 53.4 Å². The molecule has 0 aliphatic carbocycles. The van der Waals surface area contributed by atoms with E-state index in [4.69, 9.17) is 11.5 Å². The Bertz CT molecular complexity index is 940. The van der Waals surface area contributed by atoms with Crippen LogP contribution in [0.25, 0.3) is 0 Å². The van der Waals surface area contributed by atoms with Crippen LogP contribution in [0.5, 0.6) is 0 Å². The fraction of sp³-hybridized carbons (Fsp3) is 0.0500. The van der Waals surface area contributed by atoms with Crippen LogP contribution in [0.1, 0.15) is 11.7 Å². The molecular weight excluding hydrogens is 424 g/mol. The Morgan fingerprint density at radius 3 is 2.56 bits per heavy atom. The topological polar surface area (TPSA) is 84.4 Å². The standard InChI is InChI=1S/C20H19BrN4OS/c1-3-16-18(20(26)24-14-7-5-4-6-8-14)27-12(2)25(16)17-10-9-13(21)11-15(17)19(22)23/h3-11,19H,1-2,22-23H2,(H,24,26). The average molecular weight is 443 g/mol. The number of amides is 1. The fourth-order valence-corrected chi connectivity index (χ4v) is 4.09. The van der Waals surface area contributed by atoms with Crippen molar-refractivity contribution in [1.82, 2.24) is 0 Å². The molecule has 3 rings (SSSR count). The van der Waals surface area contributed by atoms with Gasteiger partial charge in [0.1, 0.15) is 4.91 Å². The second-order valence-electron chi connectivity index (χ2n) is 5.80. The van der Waals surface area contributed by atoms with Crippen LogP contribution in [-0.2, 0) is 4.79 Å². The molecule has 1 heterocycles. The van der Waals surface area contributed by atoms with Crippen molar-refractivity contribution in [1.29, 1.82) is 0 Å². The lowest BCUT2D eigenvalue weighted by Crippen LogP contribution is -2.25. The highest BCUT2D eigenvalue weighted by molar-refractivity contribution is 9.10. The Kier molecular flexibility index (Phi) is 5.86. The molecule has 5 N–H and O–H groups in total. The van der Waals surface area contributed by atoms with E-state index >= 15 is 0 Å². The van der Waals surface area contributed by atoms with Crippen molar-refractivity contribution in [3.05, 3.63) is 93.4 Å². The minimum atomic E-state index is -0.677. The van der Waals surface area contributed by atoms with Crippen LogP contribution in [0, 0.1) is 0 Å². The lowest BCUT2D eigenvalue weighted by atomic mass is 10.1. The van der Waals surface area contributed by atoms with Gasteiger partial charge in [-0.3, -0.25) is 4.79 Å². The molecular formula is C20H19BrN4OS. The van der Waals surface area contributed by atoms with Crippen molar-refractivity contribution in [2.24, 2.45) is 11.5 Å². The molecule has 0 unspecified atom stereocenters. The molecule has 1 aliphatic rings. The first-order valence-corrected chi connectivity index (χ1v) is 9.74. The van der Waals surface area contributed by atoms with Crippen LogP contribution in [-0.4, -0.2) is 5.91 Å². The van der Waals surface area contributed by atoms with Gasteiger partial charge in [-0.1, -0.05) is 59.0 Å². The van der Waals surface area contributed by atoms with Crippen LogP contribution in [0.3, 0.4) is 0 Å². The third-order valence-corrected chi connectivity index (χ3v) is 5.47. The fourth-order valence-electron chi connectivity index (χ4n) is 2.77. The molecule has 0 atom stereocenters. The molecule has 1 amide bonds. The van der Waals surface area contributed by atoms with E-state index < -0.39 is 6.17 Å². The van der Waals surface area contributed by atoms with Crippen molar-refractivity contribution in [3.63, 3.8) is 0 Å². The van der Waals surface area contributed by atoms with Gasteiger partial charge in [-0.25, -0.2) is 0 Å². The number of nitrogens with one attached hydrogen (secondary N) is 1. The summed E-state index contributed by atoms with van der Waals surface area (Å²) in [6.45, 7) is 7.98. The van der Waals surface area contributed by atoms with Crippen molar-refractivity contribution in [2.45, 2.75) is 6.17 Å². The van der Waals surface area contributed by atoms with Gasteiger partial charge in [0.05, 0.1) is 22.6 Å². The van der Waals surface area contributed by atoms with Crippen LogP contribution in [0.4, 0.5) is 11.4 Å². The number of anilines is 2. The number of rotatable bonds is 5. The lowest BCUT2D eigenvalue weighted by Gasteiger charge is -2.25. The van der Waals surface area contributed by atoms with E-state index in [1.54, 1.807) is 6.08 Å². The first-order valence-electron chi connectivity index (χ1n) is 8.13. The lowest BCUT2D eigenvalue weighted by molar-refractivity contribution is -0.112. The molecule has 0 aromatic heterocycles. The third kappa shape index (κ3) is 4.01. The molecule has 2 aromatic carbocycles. The Labute approximate surface area is 170 Å². The molecule has 0 spiro atoms. The maximum Gasteiger partial charge on any atom is 0.264 e. The van der Waals surface area contributed by atoms with Gasteiger partial charge in [-0.2, -0.15) is 0 Å². The van der Waals surface area contributed by atoms with E-state index in [-0.39, 0.29) is 5.91 Å². The predicted octanol–water partition coefficient (Wildman–Crippen LogP) is 4.43. The van der Waals surface area contributed by atoms with Crippen molar-refractivity contribution < 1.29 is 4.79 Å². The highest BCUT2D eigenvalue weighted by atomic mass is 79.9. The third-order valence-electron chi connectivity index (χ3n) is 3.96. The van der Waals surface area contributed by atoms with E-state index in [2.05, 4.69) is 34.4 Å². The predicted molar refractivity (Wildman–Crippen MR) is 117 cm³/mol. The summed E-state index contributed by atoms with van der Waals surface area (Å²) in [6.07, 6.45) is 0.961. The normalized spacial score (nSPS) is 14.1. The van der Waals surface area contributed by atoms with Gasteiger partial charge >= 0.3 is 0 Å². The number of benzene rings is 2. The van der Waals surface area contributed by atoms with Gasteiger partial charge in [-0.05, 0) is 36.4 Å². The SMILES string of the molecule is C=CC1=C(C(=O)Nc2ccccc2)SC(=C)N1c1ccc(Br)cc1C(N)N. The monoisotopic (exact) mass is 442 g/mol.